The van der Waals surface area contributed by atoms with Crippen LogP contribution in [0.25, 0.3) is 0 Å². The maximum absolute atomic E-state index is 5.71. The summed E-state index contributed by atoms with van der Waals surface area (Å²) in [4.78, 5) is 3.96. The fourth-order valence-corrected chi connectivity index (χ4v) is 2.09. The first-order valence-corrected chi connectivity index (χ1v) is 7.61. The first-order valence-electron chi connectivity index (χ1n) is 4.63. The molecule has 2 N–H and O–H groups in total. The summed E-state index contributed by atoms with van der Waals surface area (Å²) in [5.41, 5.74) is 6.35. The van der Waals surface area contributed by atoms with Gasteiger partial charge in [-0.25, -0.2) is 0 Å². The minimum absolute atomic E-state index is 0.138. The number of nitrogen functional groups attached to an aromatic ring is 1. The zero-order valence-electron chi connectivity index (χ0n) is 8.60. The van der Waals surface area contributed by atoms with Crippen LogP contribution in [-0.4, -0.2) is 19.5 Å². The monoisotopic (exact) mass is 208 g/mol. The van der Waals surface area contributed by atoms with Crippen molar-refractivity contribution in [2.75, 3.05) is 5.73 Å². The van der Waals surface area contributed by atoms with E-state index in [1.165, 1.54) is 0 Å². The SMILES string of the molecule is C=CC(Oc1cncc(N)c1)[SiH](C)C. The Hall–Kier alpha value is -1.29. The van der Waals surface area contributed by atoms with Gasteiger partial charge in [-0.3, -0.25) is 4.98 Å². The van der Waals surface area contributed by atoms with E-state index < -0.39 is 8.80 Å². The number of anilines is 1. The normalized spacial score (nSPS) is 12.5. The number of nitrogens with zero attached hydrogens (tertiary/aromatic N) is 1. The van der Waals surface area contributed by atoms with Crippen molar-refractivity contribution in [1.82, 2.24) is 4.98 Å². The van der Waals surface area contributed by atoms with E-state index in [9.17, 15) is 0 Å². The summed E-state index contributed by atoms with van der Waals surface area (Å²) in [5, 5.41) is 0. The number of hydrogen-bond acceptors (Lipinski definition) is 3. The molecular formula is C10H16N2OSi. The molecule has 0 aromatic carbocycles. The first kappa shape index (κ1) is 10.8. The number of aromatic nitrogens is 1. The molecule has 1 unspecified atom stereocenters. The van der Waals surface area contributed by atoms with Crippen LogP contribution in [0.4, 0.5) is 5.69 Å². The molecule has 0 spiro atoms. The fraction of sp³-hybridized carbons (Fsp3) is 0.300. The quantitative estimate of drug-likeness (QED) is 0.604. The van der Waals surface area contributed by atoms with E-state index in [2.05, 4.69) is 24.7 Å². The van der Waals surface area contributed by atoms with Crippen molar-refractivity contribution in [3.8, 4) is 5.75 Å². The lowest BCUT2D eigenvalue weighted by Crippen LogP contribution is -2.28. The average molecular weight is 208 g/mol. The summed E-state index contributed by atoms with van der Waals surface area (Å²) >= 11 is 0. The highest BCUT2D eigenvalue weighted by Gasteiger charge is 2.12. The second kappa shape index (κ2) is 4.81. The third kappa shape index (κ3) is 2.88. The van der Waals surface area contributed by atoms with Crippen molar-refractivity contribution in [3.63, 3.8) is 0 Å². The molecule has 0 aliphatic heterocycles. The molecule has 0 saturated carbocycles. The summed E-state index contributed by atoms with van der Waals surface area (Å²) in [7, 11) is -0.880. The van der Waals surface area contributed by atoms with E-state index >= 15 is 0 Å². The maximum Gasteiger partial charge on any atom is 0.140 e. The van der Waals surface area contributed by atoms with E-state index in [1.807, 2.05) is 6.08 Å². The molecule has 1 heterocycles. The molecule has 76 valence electrons. The molecule has 4 heteroatoms. The Morgan fingerprint density at radius 2 is 2.29 bits per heavy atom. The van der Waals surface area contributed by atoms with E-state index in [-0.39, 0.29) is 5.73 Å². The largest absolute Gasteiger partial charge is 0.489 e. The van der Waals surface area contributed by atoms with Gasteiger partial charge in [0.15, 0.2) is 0 Å². The van der Waals surface area contributed by atoms with Crippen LogP contribution < -0.4 is 10.5 Å². The molecule has 0 bridgehead atoms. The molecule has 3 nitrogen and oxygen atoms in total. The third-order valence-electron chi connectivity index (χ3n) is 1.90. The summed E-state index contributed by atoms with van der Waals surface area (Å²) < 4.78 is 5.71. The molecule has 0 fully saturated rings. The molecular weight excluding hydrogens is 192 g/mol. The van der Waals surface area contributed by atoms with E-state index in [0.29, 0.717) is 5.69 Å². The zero-order chi connectivity index (χ0) is 10.6. The van der Waals surface area contributed by atoms with Gasteiger partial charge in [-0.1, -0.05) is 25.7 Å². The molecule has 0 aliphatic rings. The van der Waals surface area contributed by atoms with Gasteiger partial charge in [0.05, 0.1) is 26.9 Å². The average Bonchev–Trinajstić information content (AvgIpc) is 2.14. The number of hydrogen-bond donors (Lipinski definition) is 1. The van der Waals surface area contributed by atoms with Crippen LogP contribution in [0, 0.1) is 0 Å². The molecule has 0 aliphatic carbocycles. The lowest BCUT2D eigenvalue weighted by molar-refractivity contribution is 0.318. The number of pyridine rings is 1. The Morgan fingerprint density at radius 1 is 1.57 bits per heavy atom. The molecule has 0 amide bonds. The maximum atomic E-state index is 5.71. The highest BCUT2D eigenvalue weighted by atomic mass is 28.3. The van der Waals surface area contributed by atoms with Gasteiger partial charge in [0.25, 0.3) is 0 Å². The van der Waals surface area contributed by atoms with Crippen LogP contribution in [0.15, 0.2) is 31.1 Å². The standard InChI is InChI=1S/C10H16N2OSi/c1-4-10(14(2)3)13-9-5-8(11)6-12-7-9/h4-7,10,14H,1,11H2,2-3H3. The predicted octanol–water partition coefficient (Wildman–Crippen LogP) is 1.62. The molecule has 14 heavy (non-hydrogen) atoms. The van der Waals surface area contributed by atoms with E-state index in [4.69, 9.17) is 10.5 Å². The third-order valence-corrected chi connectivity index (χ3v) is 3.62. The second-order valence-corrected chi connectivity index (χ2v) is 6.66. The van der Waals surface area contributed by atoms with Crippen molar-refractivity contribution in [3.05, 3.63) is 31.1 Å². The lowest BCUT2D eigenvalue weighted by atomic mass is 10.4. The number of rotatable bonds is 4. The predicted molar refractivity (Wildman–Crippen MR) is 62.1 cm³/mol. The summed E-state index contributed by atoms with van der Waals surface area (Å²) in [6.45, 7) is 8.19. The van der Waals surface area contributed by atoms with Crippen molar-refractivity contribution in [2.45, 2.75) is 18.8 Å². The molecule has 1 atom stereocenters. The second-order valence-electron chi connectivity index (χ2n) is 3.52. The summed E-state index contributed by atoms with van der Waals surface area (Å²) in [6.07, 6.45) is 5.12. The van der Waals surface area contributed by atoms with Crippen molar-refractivity contribution in [1.29, 1.82) is 0 Å². The smallest absolute Gasteiger partial charge is 0.140 e. The summed E-state index contributed by atoms with van der Waals surface area (Å²) in [5.74, 6) is 0.719. The molecule has 1 rings (SSSR count). The Labute approximate surface area is 86.2 Å². The fourth-order valence-electron chi connectivity index (χ4n) is 1.11. The Kier molecular flexibility index (Phi) is 3.70. The highest BCUT2D eigenvalue weighted by molar-refractivity contribution is 6.57. The Bertz CT molecular complexity index is 315. The topological polar surface area (TPSA) is 48.1 Å². The van der Waals surface area contributed by atoms with Gasteiger partial charge in [-0.2, -0.15) is 0 Å². The van der Waals surface area contributed by atoms with Crippen LogP contribution in [-0.2, 0) is 0 Å². The Balaban J connectivity index is 2.72. The molecule has 1 aromatic rings. The van der Waals surface area contributed by atoms with Gasteiger partial charge in [0.1, 0.15) is 11.5 Å². The van der Waals surface area contributed by atoms with Gasteiger partial charge in [0.2, 0.25) is 0 Å². The van der Waals surface area contributed by atoms with E-state index in [0.717, 1.165) is 5.75 Å². The van der Waals surface area contributed by atoms with Crippen LogP contribution in [0.3, 0.4) is 0 Å². The molecule has 0 radical (unpaired) electrons. The van der Waals surface area contributed by atoms with Crippen molar-refractivity contribution >= 4 is 14.5 Å². The van der Waals surface area contributed by atoms with Gasteiger partial charge in [0, 0.05) is 6.07 Å². The van der Waals surface area contributed by atoms with Crippen LogP contribution in [0.1, 0.15) is 0 Å². The summed E-state index contributed by atoms with van der Waals surface area (Å²) in [6, 6.07) is 1.78. The van der Waals surface area contributed by atoms with Gasteiger partial charge in [-0.05, 0) is 0 Å². The number of nitrogens with two attached hydrogens (primary N) is 1. The molecule has 1 aromatic heterocycles. The minimum Gasteiger partial charge on any atom is -0.489 e. The highest BCUT2D eigenvalue weighted by Crippen LogP contribution is 2.15. The van der Waals surface area contributed by atoms with Crippen LogP contribution in [0.5, 0.6) is 5.75 Å². The lowest BCUT2D eigenvalue weighted by Gasteiger charge is -2.17. The van der Waals surface area contributed by atoms with Crippen LogP contribution >= 0.6 is 0 Å². The zero-order valence-corrected chi connectivity index (χ0v) is 9.76. The molecule has 0 saturated heterocycles. The van der Waals surface area contributed by atoms with Crippen molar-refractivity contribution < 1.29 is 4.74 Å². The van der Waals surface area contributed by atoms with Gasteiger partial charge >= 0.3 is 0 Å². The van der Waals surface area contributed by atoms with Gasteiger partial charge in [-0.15, -0.1) is 0 Å². The Morgan fingerprint density at radius 3 is 2.79 bits per heavy atom. The van der Waals surface area contributed by atoms with Crippen LogP contribution in [0.2, 0.25) is 13.1 Å². The minimum atomic E-state index is -0.880. The number of ether oxygens (including phenoxy) is 1. The van der Waals surface area contributed by atoms with Gasteiger partial charge < -0.3 is 10.5 Å². The first-order chi connectivity index (χ1) is 6.63. The van der Waals surface area contributed by atoms with Crippen molar-refractivity contribution in [2.24, 2.45) is 0 Å². The van der Waals surface area contributed by atoms with E-state index in [1.54, 1.807) is 18.5 Å².